The lowest BCUT2D eigenvalue weighted by Crippen LogP contribution is -2.33. The van der Waals surface area contributed by atoms with Crippen molar-refractivity contribution < 1.29 is 9.59 Å². The Bertz CT molecular complexity index is 296. The summed E-state index contributed by atoms with van der Waals surface area (Å²) in [6.07, 6.45) is 2.13. The van der Waals surface area contributed by atoms with E-state index in [0.29, 0.717) is 32.6 Å². The fourth-order valence-corrected chi connectivity index (χ4v) is 2.17. The van der Waals surface area contributed by atoms with Crippen LogP contribution >= 0.6 is 0 Å². The zero-order chi connectivity index (χ0) is 13.5. The van der Waals surface area contributed by atoms with Crippen LogP contribution < -0.4 is 11.5 Å². The van der Waals surface area contributed by atoms with Gasteiger partial charge in [-0.25, -0.2) is 0 Å². The number of hydrogen-bond acceptors (Lipinski definition) is 4. The molecule has 0 radical (unpaired) electrons. The minimum absolute atomic E-state index is 0.0462. The number of rotatable bonds is 7. The maximum absolute atomic E-state index is 11.8. The van der Waals surface area contributed by atoms with Crippen molar-refractivity contribution in [2.24, 2.45) is 17.4 Å². The van der Waals surface area contributed by atoms with Crippen molar-refractivity contribution in [1.82, 2.24) is 9.80 Å². The van der Waals surface area contributed by atoms with Gasteiger partial charge in [-0.15, -0.1) is 0 Å². The Morgan fingerprint density at radius 3 is 2.72 bits per heavy atom. The zero-order valence-corrected chi connectivity index (χ0v) is 11.1. The molecule has 0 saturated carbocycles. The molecule has 1 aliphatic heterocycles. The molecule has 1 rings (SSSR count). The molecule has 0 aromatic heterocycles. The molecule has 0 aromatic rings. The summed E-state index contributed by atoms with van der Waals surface area (Å²) in [5, 5.41) is 0. The van der Waals surface area contributed by atoms with Gasteiger partial charge in [0.15, 0.2) is 0 Å². The van der Waals surface area contributed by atoms with Crippen LogP contribution in [0.25, 0.3) is 0 Å². The SMILES string of the molecule is CN(CCCN)C(=O)CCN1CCC(C(N)=O)C1. The number of nitrogens with two attached hydrogens (primary N) is 2. The number of likely N-dealkylation sites (tertiary alicyclic amines) is 1. The Balaban J connectivity index is 2.21. The molecule has 104 valence electrons. The maximum Gasteiger partial charge on any atom is 0.223 e. The molecule has 0 bridgehead atoms. The van der Waals surface area contributed by atoms with E-state index in [1.54, 1.807) is 11.9 Å². The molecule has 1 saturated heterocycles. The molecular weight excluding hydrogens is 232 g/mol. The van der Waals surface area contributed by atoms with Gasteiger partial charge in [-0.05, 0) is 25.9 Å². The summed E-state index contributed by atoms with van der Waals surface area (Å²) in [4.78, 5) is 26.7. The first-order chi connectivity index (χ1) is 8.54. The first kappa shape index (κ1) is 14.9. The van der Waals surface area contributed by atoms with E-state index in [-0.39, 0.29) is 17.7 Å². The van der Waals surface area contributed by atoms with Gasteiger partial charge in [-0.2, -0.15) is 0 Å². The average molecular weight is 256 g/mol. The second-order valence-electron chi connectivity index (χ2n) is 4.90. The summed E-state index contributed by atoms with van der Waals surface area (Å²) in [5.74, 6) is -0.148. The lowest BCUT2D eigenvalue weighted by Gasteiger charge is -2.19. The van der Waals surface area contributed by atoms with Crippen LogP contribution in [0.4, 0.5) is 0 Å². The van der Waals surface area contributed by atoms with Crippen LogP contribution in [0.3, 0.4) is 0 Å². The monoisotopic (exact) mass is 256 g/mol. The van der Waals surface area contributed by atoms with Gasteiger partial charge in [0.05, 0.1) is 5.92 Å². The van der Waals surface area contributed by atoms with E-state index in [0.717, 1.165) is 19.4 Å². The van der Waals surface area contributed by atoms with Crippen molar-refractivity contribution in [2.45, 2.75) is 19.3 Å². The smallest absolute Gasteiger partial charge is 0.223 e. The van der Waals surface area contributed by atoms with Crippen LogP contribution in [-0.4, -0.2) is 61.4 Å². The second-order valence-corrected chi connectivity index (χ2v) is 4.90. The lowest BCUT2D eigenvalue weighted by atomic mass is 10.1. The van der Waals surface area contributed by atoms with Crippen LogP contribution in [0, 0.1) is 5.92 Å². The Labute approximate surface area is 108 Å². The van der Waals surface area contributed by atoms with Gasteiger partial charge < -0.3 is 21.3 Å². The van der Waals surface area contributed by atoms with E-state index in [1.807, 2.05) is 0 Å². The Morgan fingerprint density at radius 2 is 2.17 bits per heavy atom. The first-order valence-electron chi connectivity index (χ1n) is 6.50. The Morgan fingerprint density at radius 1 is 1.44 bits per heavy atom. The van der Waals surface area contributed by atoms with E-state index in [2.05, 4.69) is 4.90 Å². The average Bonchev–Trinajstić information content (AvgIpc) is 2.81. The van der Waals surface area contributed by atoms with Crippen molar-refractivity contribution in [3.8, 4) is 0 Å². The second kappa shape index (κ2) is 7.33. The van der Waals surface area contributed by atoms with E-state index in [4.69, 9.17) is 11.5 Å². The van der Waals surface area contributed by atoms with Crippen molar-refractivity contribution in [3.05, 3.63) is 0 Å². The lowest BCUT2D eigenvalue weighted by molar-refractivity contribution is -0.130. The normalized spacial score (nSPS) is 20.0. The highest BCUT2D eigenvalue weighted by atomic mass is 16.2. The molecule has 1 unspecified atom stereocenters. The van der Waals surface area contributed by atoms with Crippen molar-refractivity contribution in [3.63, 3.8) is 0 Å². The van der Waals surface area contributed by atoms with Crippen LogP contribution in [0.5, 0.6) is 0 Å². The molecule has 6 nitrogen and oxygen atoms in total. The summed E-state index contributed by atoms with van der Waals surface area (Å²) in [5.41, 5.74) is 10.7. The van der Waals surface area contributed by atoms with E-state index in [9.17, 15) is 9.59 Å². The fourth-order valence-electron chi connectivity index (χ4n) is 2.17. The molecule has 6 heteroatoms. The summed E-state index contributed by atoms with van der Waals surface area (Å²) >= 11 is 0. The Hall–Kier alpha value is -1.14. The largest absolute Gasteiger partial charge is 0.369 e. The molecule has 4 N–H and O–H groups in total. The molecule has 0 aliphatic carbocycles. The third-order valence-corrected chi connectivity index (χ3v) is 3.44. The highest BCUT2D eigenvalue weighted by molar-refractivity contribution is 5.77. The van der Waals surface area contributed by atoms with Gasteiger partial charge in [-0.1, -0.05) is 0 Å². The number of hydrogen-bond donors (Lipinski definition) is 2. The Kier molecular flexibility index (Phi) is 6.07. The quantitative estimate of drug-likeness (QED) is 0.610. The minimum Gasteiger partial charge on any atom is -0.369 e. The molecule has 1 aliphatic rings. The molecule has 1 heterocycles. The van der Waals surface area contributed by atoms with Gasteiger partial charge in [0, 0.05) is 33.1 Å². The van der Waals surface area contributed by atoms with E-state index < -0.39 is 0 Å². The number of amides is 2. The van der Waals surface area contributed by atoms with E-state index >= 15 is 0 Å². The maximum atomic E-state index is 11.8. The number of carbonyl (C=O) groups excluding carboxylic acids is 2. The number of carbonyl (C=O) groups is 2. The molecule has 1 fully saturated rings. The predicted molar refractivity (Wildman–Crippen MR) is 69.7 cm³/mol. The summed E-state index contributed by atoms with van der Waals surface area (Å²) in [6, 6.07) is 0. The van der Waals surface area contributed by atoms with Gasteiger partial charge in [-0.3, -0.25) is 9.59 Å². The van der Waals surface area contributed by atoms with Crippen molar-refractivity contribution >= 4 is 11.8 Å². The highest BCUT2D eigenvalue weighted by Crippen LogP contribution is 2.15. The highest BCUT2D eigenvalue weighted by Gasteiger charge is 2.26. The standard InChI is InChI=1S/C12H24N4O2/c1-15(6-2-5-13)11(17)4-8-16-7-3-10(9-16)12(14)18/h10H,2-9,13H2,1H3,(H2,14,18). The third-order valence-electron chi connectivity index (χ3n) is 3.44. The van der Waals surface area contributed by atoms with Crippen LogP contribution in [-0.2, 0) is 9.59 Å². The number of primary amides is 1. The first-order valence-corrected chi connectivity index (χ1v) is 6.50. The molecule has 1 atom stereocenters. The molecule has 0 spiro atoms. The van der Waals surface area contributed by atoms with Crippen LogP contribution in [0.2, 0.25) is 0 Å². The van der Waals surface area contributed by atoms with Gasteiger partial charge in [0.1, 0.15) is 0 Å². The number of nitrogens with zero attached hydrogens (tertiary/aromatic N) is 2. The molecule has 18 heavy (non-hydrogen) atoms. The van der Waals surface area contributed by atoms with E-state index in [1.165, 1.54) is 0 Å². The van der Waals surface area contributed by atoms with Gasteiger partial charge in [0.2, 0.25) is 11.8 Å². The predicted octanol–water partition coefficient (Wildman–Crippen LogP) is -1.01. The zero-order valence-electron chi connectivity index (χ0n) is 11.1. The minimum atomic E-state index is -0.233. The van der Waals surface area contributed by atoms with Crippen LogP contribution in [0.1, 0.15) is 19.3 Å². The van der Waals surface area contributed by atoms with Gasteiger partial charge >= 0.3 is 0 Å². The molecule has 0 aromatic carbocycles. The fraction of sp³-hybridized carbons (Fsp3) is 0.833. The van der Waals surface area contributed by atoms with Crippen molar-refractivity contribution in [1.29, 1.82) is 0 Å². The topological polar surface area (TPSA) is 92.7 Å². The third kappa shape index (κ3) is 4.62. The summed E-state index contributed by atoms with van der Waals surface area (Å²) in [6.45, 7) is 3.56. The van der Waals surface area contributed by atoms with Gasteiger partial charge in [0.25, 0.3) is 0 Å². The molecular formula is C12H24N4O2. The molecule has 2 amide bonds. The van der Waals surface area contributed by atoms with Crippen molar-refractivity contribution in [2.75, 3.05) is 39.8 Å². The summed E-state index contributed by atoms with van der Waals surface area (Å²) in [7, 11) is 1.80. The van der Waals surface area contributed by atoms with Crippen LogP contribution in [0.15, 0.2) is 0 Å². The summed E-state index contributed by atoms with van der Waals surface area (Å²) < 4.78 is 0.